The molecule has 0 N–H and O–H groups in total. The van der Waals surface area contributed by atoms with Gasteiger partial charge in [0.25, 0.3) is 0 Å². The molecule has 0 radical (unpaired) electrons. The van der Waals surface area contributed by atoms with Gasteiger partial charge in [0, 0.05) is 16.9 Å². The minimum Gasteiger partial charge on any atom is -0.310 e. The predicted molar refractivity (Wildman–Crippen MR) is 303 cm³/mol. The van der Waals surface area contributed by atoms with Gasteiger partial charge in [-0.15, -0.1) is 0 Å². The van der Waals surface area contributed by atoms with Crippen LogP contribution in [0.4, 0.5) is 17.1 Å². The maximum absolute atomic E-state index is 2.45. The first-order chi connectivity index (χ1) is 35.7. The van der Waals surface area contributed by atoms with E-state index in [4.69, 9.17) is 0 Å². The van der Waals surface area contributed by atoms with E-state index in [1.807, 2.05) is 0 Å². The van der Waals surface area contributed by atoms with Crippen molar-refractivity contribution in [3.8, 4) is 66.8 Å². The molecule has 0 atom stereocenters. The molecule has 0 saturated heterocycles. The van der Waals surface area contributed by atoms with Crippen LogP contribution in [0.15, 0.2) is 297 Å². The highest BCUT2D eigenvalue weighted by Gasteiger charge is 2.46. The Kier molecular flexibility index (Phi) is 10.8. The lowest BCUT2D eigenvalue weighted by atomic mass is 9.67. The lowest BCUT2D eigenvalue weighted by molar-refractivity contribution is 0.769. The molecule has 1 heteroatoms. The largest absolute Gasteiger partial charge is 0.310 e. The van der Waals surface area contributed by atoms with Crippen molar-refractivity contribution < 1.29 is 0 Å². The Labute approximate surface area is 422 Å². The van der Waals surface area contributed by atoms with E-state index < -0.39 is 5.41 Å². The van der Waals surface area contributed by atoms with Gasteiger partial charge in [-0.3, -0.25) is 0 Å². The molecule has 0 fully saturated rings. The molecule has 0 aromatic heterocycles. The molecule has 0 aliphatic heterocycles. The topological polar surface area (TPSA) is 3.24 Å². The molecular weight excluding hydrogens is 867 g/mol. The summed E-state index contributed by atoms with van der Waals surface area (Å²) in [4.78, 5) is 2.43. The molecule has 0 heterocycles. The number of rotatable bonds is 10. The maximum Gasteiger partial charge on any atom is 0.0713 e. The molecule has 0 saturated carbocycles. The van der Waals surface area contributed by atoms with Gasteiger partial charge in [-0.2, -0.15) is 0 Å². The van der Waals surface area contributed by atoms with Gasteiger partial charge in [-0.25, -0.2) is 0 Å². The smallest absolute Gasteiger partial charge is 0.0713 e. The van der Waals surface area contributed by atoms with Crippen LogP contribution in [-0.2, 0) is 5.41 Å². The second-order valence-electron chi connectivity index (χ2n) is 18.8. The molecule has 0 bridgehead atoms. The highest BCUT2D eigenvalue weighted by molar-refractivity contribution is 5.98. The standard InChI is InChI=1S/C71H49N/c1-4-19-50(20-5-1)51-37-39-52(40-38-51)55-23-17-30-62(48-55)72(70-36-15-13-32-65(70)58-25-16-24-57(47-58)64-34-18-22-54-21-10-11-31-63(54)64)61-44-41-53(42-45-61)56-43-46-67-66-33-12-14-35-68(66)71(69(67)49-56,59-26-6-2-7-27-59)60-28-8-3-9-29-60/h1-49H. The minimum absolute atomic E-state index is 0.470. The van der Waals surface area contributed by atoms with E-state index in [-0.39, 0.29) is 0 Å². The predicted octanol–water partition coefficient (Wildman–Crippen LogP) is 19.0. The summed E-state index contributed by atoms with van der Waals surface area (Å²) in [6.45, 7) is 0. The summed E-state index contributed by atoms with van der Waals surface area (Å²) in [5.74, 6) is 0. The number of anilines is 3. The first kappa shape index (κ1) is 42.8. The molecule has 338 valence electrons. The van der Waals surface area contributed by atoms with Crippen LogP contribution in [0.25, 0.3) is 77.5 Å². The fraction of sp³-hybridized carbons (Fsp3) is 0.0141. The van der Waals surface area contributed by atoms with E-state index in [9.17, 15) is 0 Å². The van der Waals surface area contributed by atoms with E-state index in [0.29, 0.717) is 0 Å². The van der Waals surface area contributed by atoms with E-state index in [0.717, 1.165) is 39.3 Å². The summed E-state index contributed by atoms with van der Waals surface area (Å²) in [6, 6.07) is 109. The fourth-order valence-electron chi connectivity index (χ4n) is 11.4. The van der Waals surface area contributed by atoms with Crippen LogP contribution in [0.5, 0.6) is 0 Å². The van der Waals surface area contributed by atoms with E-state index in [1.54, 1.807) is 0 Å². The Morgan fingerprint density at radius 2 is 0.694 bits per heavy atom. The van der Waals surface area contributed by atoms with Crippen molar-refractivity contribution in [3.63, 3.8) is 0 Å². The zero-order valence-corrected chi connectivity index (χ0v) is 39.7. The molecule has 1 nitrogen and oxygen atoms in total. The quantitative estimate of drug-likeness (QED) is 0.132. The molecule has 1 aliphatic carbocycles. The number of para-hydroxylation sites is 1. The molecule has 12 aromatic carbocycles. The number of hydrogen-bond acceptors (Lipinski definition) is 1. The lowest BCUT2D eigenvalue weighted by Gasteiger charge is -2.34. The van der Waals surface area contributed by atoms with Gasteiger partial charge >= 0.3 is 0 Å². The van der Waals surface area contributed by atoms with Crippen LogP contribution in [0.2, 0.25) is 0 Å². The van der Waals surface area contributed by atoms with Crippen molar-refractivity contribution >= 4 is 27.8 Å². The maximum atomic E-state index is 2.45. The summed E-state index contributed by atoms with van der Waals surface area (Å²) in [6.07, 6.45) is 0. The van der Waals surface area contributed by atoms with Crippen molar-refractivity contribution in [3.05, 3.63) is 320 Å². The van der Waals surface area contributed by atoms with Crippen LogP contribution < -0.4 is 4.90 Å². The summed E-state index contributed by atoms with van der Waals surface area (Å²) in [5, 5.41) is 2.49. The third-order valence-corrected chi connectivity index (χ3v) is 14.8. The SMILES string of the molecule is c1ccc(-c2ccc(-c3cccc(N(c4ccc(-c5ccc6c(c5)C(c5ccccc5)(c5ccccc5)c5ccccc5-6)cc4)c4ccccc4-c4cccc(-c5cccc6ccccc56)c4)c3)cc2)cc1. The van der Waals surface area contributed by atoms with Gasteiger partial charge in [0.15, 0.2) is 0 Å². The van der Waals surface area contributed by atoms with Crippen molar-refractivity contribution in [1.82, 2.24) is 0 Å². The van der Waals surface area contributed by atoms with Crippen LogP contribution in [0, 0.1) is 0 Å². The highest BCUT2D eigenvalue weighted by Crippen LogP contribution is 2.57. The van der Waals surface area contributed by atoms with E-state index in [2.05, 4.69) is 302 Å². The van der Waals surface area contributed by atoms with Crippen molar-refractivity contribution in [2.24, 2.45) is 0 Å². The second-order valence-corrected chi connectivity index (χ2v) is 18.8. The van der Waals surface area contributed by atoms with E-state index >= 15 is 0 Å². The first-order valence-electron chi connectivity index (χ1n) is 24.9. The Hall–Kier alpha value is -9.30. The Balaban J connectivity index is 0.939. The van der Waals surface area contributed by atoms with Crippen molar-refractivity contribution in [1.29, 1.82) is 0 Å². The normalized spacial score (nSPS) is 12.3. The van der Waals surface area contributed by atoms with Gasteiger partial charge in [0.1, 0.15) is 0 Å². The Bertz CT molecular complexity index is 3850. The zero-order valence-electron chi connectivity index (χ0n) is 39.7. The van der Waals surface area contributed by atoms with Gasteiger partial charge < -0.3 is 4.90 Å². The van der Waals surface area contributed by atoms with Gasteiger partial charge in [-0.1, -0.05) is 255 Å². The molecule has 72 heavy (non-hydrogen) atoms. The molecule has 13 rings (SSSR count). The molecule has 0 amide bonds. The second kappa shape index (κ2) is 18.2. The number of fused-ring (bicyclic) bond motifs is 4. The number of benzene rings is 12. The highest BCUT2D eigenvalue weighted by atomic mass is 15.1. The number of hydrogen-bond donors (Lipinski definition) is 0. The third kappa shape index (κ3) is 7.42. The summed E-state index contributed by atoms with van der Waals surface area (Å²) >= 11 is 0. The minimum atomic E-state index is -0.470. The molecular formula is C71H49N. The summed E-state index contributed by atoms with van der Waals surface area (Å²) < 4.78 is 0. The monoisotopic (exact) mass is 915 g/mol. The average Bonchev–Trinajstić information content (AvgIpc) is 3.76. The van der Waals surface area contributed by atoms with Crippen molar-refractivity contribution in [2.75, 3.05) is 4.90 Å². The van der Waals surface area contributed by atoms with Crippen molar-refractivity contribution in [2.45, 2.75) is 5.41 Å². The summed E-state index contributed by atoms with van der Waals surface area (Å²) in [5.41, 5.74) is 22.3. The van der Waals surface area contributed by atoms with Crippen LogP contribution in [-0.4, -0.2) is 0 Å². The van der Waals surface area contributed by atoms with Crippen LogP contribution in [0.1, 0.15) is 22.3 Å². The van der Waals surface area contributed by atoms with Gasteiger partial charge in [0.2, 0.25) is 0 Å². The third-order valence-electron chi connectivity index (χ3n) is 14.8. The molecule has 0 spiro atoms. The average molecular weight is 916 g/mol. The van der Waals surface area contributed by atoms with Crippen LogP contribution in [0.3, 0.4) is 0 Å². The fourth-order valence-corrected chi connectivity index (χ4v) is 11.4. The molecule has 1 aliphatic rings. The molecule has 0 unspecified atom stereocenters. The van der Waals surface area contributed by atoms with Crippen LogP contribution >= 0.6 is 0 Å². The Morgan fingerprint density at radius 1 is 0.236 bits per heavy atom. The summed E-state index contributed by atoms with van der Waals surface area (Å²) in [7, 11) is 0. The lowest BCUT2D eigenvalue weighted by Crippen LogP contribution is -2.28. The molecule has 12 aromatic rings. The van der Waals surface area contributed by atoms with E-state index in [1.165, 1.54) is 77.5 Å². The first-order valence-corrected chi connectivity index (χ1v) is 24.9. The number of nitrogens with zero attached hydrogens (tertiary/aromatic N) is 1. The van der Waals surface area contributed by atoms with Gasteiger partial charge in [-0.05, 0) is 137 Å². The zero-order chi connectivity index (χ0) is 47.8. The Morgan fingerprint density at radius 3 is 1.43 bits per heavy atom. The van der Waals surface area contributed by atoms with Gasteiger partial charge in [0.05, 0.1) is 11.1 Å².